The number of aromatic amines is 1. The number of H-pyrrole nitrogens is 1. The topological polar surface area (TPSA) is 68.5 Å². The third-order valence-electron chi connectivity index (χ3n) is 2.34. The monoisotopic (exact) mass is 365 g/mol. The number of carbonyl (C=O) groups excluding carboxylic acids is 2. The molecule has 0 unspecified atom stereocenters. The molecule has 0 fully saturated rings. The summed E-state index contributed by atoms with van der Waals surface area (Å²) in [5, 5.41) is 10.0. The molecule has 0 bridgehead atoms. The van der Waals surface area contributed by atoms with E-state index in [0.717, 1.165) is 22.9 Å². The maximum absolute atomic E-state index is 11.0. The van der Waals surface area contributed by atoms with Crippen LogP contribution in [0.15, 0.2) is 6.20 Å². The Labute approximate surface area is 131 Å². The maximum Gasteiger partial charge on any atom is 0.218 e. The zero-order valence-corrected chi connectivity index (χ0v) is 14.2. The van der Waals surface area contributed by atoms with Gasteiger partial charge in [-0.3, -0.25) is 9.59 Å². The predicted octanol–water partition coefficient (Wildman–Crippen LogP) is -0.922. The number of pyridine rings is 1. The molecule has 0 saturated carbocycles. The lowest BCUT2D eigenvalue weighted by Gasteiger charge is -2.08. The van der Waals surface area contributed by atoms with Gasteiger partial charge in [0, 0.05) is 43.4 Å². The highest BCUT2D eigenvalue weighted by Crippen LogP contribution is 2.29. The minimum atomic E-state index is 0. The van der Waals surface area contributed by atoms with Gasteiger partial charge in [-0.1, -0.05) is 23.5 Å². The molecular weight excluding hydrogens is 350 g/mol. The molecule has 0 radical (unpaired) electrons. The molecule has 19 heavy (non-hydrogen) atoms. The summed E-state index contributed by atoms with van der Waals surface area (Å²) in [6.07, 6.45) is 1.78. The molecule has 2 N–H and O–H groups in total. The van der Waals surface area contributed by atoms with Crippen molar-refractivity contribution >= 4 is 33.8 Å². The molecule has 106 valence electrons. The Kier molecular flexibility index (Phi) is 8.36. The number of hydrogen-bond acceptors (Lipinski definition) is 5. The van der Waals surface area contributed by atoms with Crippen molar-refractivity contribution in [2.24, 2.45) is 0 Å². The number of hydrogen-bond donors (Lipinski definition) is 1. The third kappa shape index (κ3) is 5.97. The van der Waals surface area contributed by atoms with E-state index >= 15 is 0 Å². The molecule has 4 nitrogen and oxygen atoms in total. The molecule has 1 aromatic rings. The Balaban J connectivity index is 0.00000324. The van der Waals surface area contributed by atoms with Crippen LogP contribution in [0.1, 0.15) is 30.7 Å². The molecule has 0 aliphatic rings. The van der Waals surface area contributed by atoms with Gasteiger partial charge in [-0.05, 0) is 0 Å². The van der Waals surface area contributed by atoms with Crippen LogP contribution in [0.25, 0.3) is 0 Å². The number of aromatic nitrogens is 1. The number of thioether (sulfide) groups is 2. The summed E-state index contributed by atoms with van der Waals surface area (Å²) in [6.45, 7) is 4.76. The second-order valence-electron chi connectivity index (χ2n) is 3.83. The lowest BCUT2D eigenvalue weighted by atomic mass is 10.1. The molecule has 0 amide bonds. The Hall–Kier alpha value is -0.530. The van der Waals surface area contributed by atoms with Gasteiger partial charge in [0.05, 0.1) is 0 Å². The lowest BCUT2D eigenvalue weighted by Crippen LogP contribution is -3.00. The van der Waals surface area contributed by atoms with E-state index in [4.69, 9.17) is 0 Å². The van der Waals surface area contributed by atoms with Crippen molar-refractivity contribution in [3.63, 3.8) is 0 Å². The first kappa shape index (κ1) is 18.5. The molecule has 1 rings (SSSR count). The highest BCUT2D eigenvalue weighted by atomic mass is 79.9. The van der Waals surface area contributed by atoms with Gasteiger partial charge < -0.3 is 22.1 Å². The van der Waals surface area contributed by atoms with E-state index < -0.39 is 0 Å². The number of rotatable bonds is 4. The fraction of sp³-hybridized carbons (Fsp3) is 0.417. The molecule has 0 aromatic carbocycles. The van der Waals surface area contributed by atoms with Crippen LogP contribution >= 0.6 is 23.5 Å². The molecule has 0 spiro atoms. The largest absolute Gasteiger partial charge is 1.00 e. The maximum atomic E-state index is 11.0. The Morgan fingerprint density at radius 2 is 1.74 bits per heavy atom. The first-order valence-corrected chi connectivity index (χ1v) is 7.37. The summed E-state index contributed by atoms with van der Waals surface area (Å²) in [5.41, 5.74) is 2.23. The van der Waals surface area contributed by atoms with Crippen LogP contribution in [-0.2, 0) is 21.1 Å². The average Bonchev–Trinajstić information content (AvgIpc) is 2.29. The van der Waals surface area contributed by atoms with E-state index in [1.807, 2.05) is 0 Å². The molecule has 0 aliphatic heterocycles. The molecule has 0 saturated heterocycles. The summed E-state index contributed by atoms with van der Waals surface area (Å²) in [7, 11) is 0. The van der Waals surface area contributed by atoms with Crippen LogP contribution in [-0.4, -0.2) is 15.3 Å². The van der Waals surface area contributed by atoms with Gasteiger partial charge in [0.15, 0.2) is 22.2 Å². The summed E-state index contributed by atoms with van der Waals surface area (Å²) in [6, 6.07) is 0. The number of aryl methyl sites for hydroxylation is 1. The third-order valence-corrected chi connectivity index (χ3v) is 4.04. The molecule has 1 aromatic heterocycles. The van der Waals surface area contributed by atoms with E-state index in [1.54, 1.807) is 13.1 Å². The van der Waals surface area contributed by atoms with Crippen LogP contribution in [0.3, 0.4) is 0 Å². The zero-order chi connectivity index (χ0) is 13.7. The van der Waals surface area contributed by atoms with E-state index in [0.29, 0.717) is 17.2 Å². The summed E-state index contributed by atoms with van der Waals surface area (Å²) in [5.74, 6) is 1.09. The van der Waals surface area contributed by atoms with Gasteiger partial charge in [-0.25, -0.2) is 4.98 Å². The van der Waals surface area contributed by atoms with E-state index in [2.05, 4.69) is 4.98 Å². The smallest absolute Gasteiger partial charge is 0.218 e. The van der Waals surface area contributed by atoms with E-state index in [1.165, 1.54) is 25.6 Å². The number of aromatic hydroxyl groups is 1. The lowest BCUT2D eigenvalue weighted by molar-refractivity contribution is -0.389. The Morgan fingerprint density at radius 3 is 2.26 bits per heavy atom. The minimum Gasteiger partial charge on any atom is -1.00 e. The molecule has 1 heterocycles. The second-order valence-corrected chi connectivity index (χ2v) is 6.13. The Bertz CT molecular complexity index is 480. The van der Waals surface area contributed by atoms with Crippen molar-refractivity contribution in [2.75, 3.05) is 0 Å². The van der Waals surface area contributed by atoms with Crippen LogP contribution in [0.5, 0.6) is 5.75 Å². The summed E-state index contributed by atoms with van der Waals surface area (Å²) in [4.78, 5) is 24.9. The molecule has 7 heteroatoms. The number of halogens is 1. The van der Waals surface area contributed by atoms with Gasteiger partial charge in [-0.2, -0.15) is 0 Å². The normalized spacial score (nSPS) is 9.84. The highest BCUT2D eigenvalue weighted by molar-refractivity contribution is 8.13. The van der Waals surface area contributed by atoms with Crippen LogP contribution in [0, 0.1) is 6.92 Å². The first-order valence-electron chi connectivity index (χ1n) is 5.40. The quantitative estimate of drug-likeness (QED) is 0.747. The van der Waals surface area contributed by atoms with Crippen LogP contribution < -0.4 is 22.0 Å². The SMILES string of the molecule is CC(=O)SCc1c[nH+]c(C)c(O)c1CSC(C)=O.[Br-]. The standard InChI is InChI=1S/C12H15NO3S2.BrH/c1-7-12(16)11(6-18-9(3)15)10(4-13-7)5-17-8(2)14;/h4,16H,5-6H2,1-3H3;1H. The van der Waals surface area contributed by atoms with Crippen LogP contribution in [0.2, 0.25) is 0 Å². The second kappa shape index (κ2) is 8.60. The van der Waals surface area contributed by atoms with E-state index in [9.17, 15) is 14.7 Å². The number of carbonyl (C=O) groups is 2. The van der Waals surface area contributed by atoms with Crippen molar-refractivity contribution in [3.05, 3.63) is 23.0 Å². The highest BCUT2D eigenvalue weighted by Gasteiger charge is 2.17. The van der Waals surface area contributed by atoms with Crippen molar-refractivity contribution in [2.45, 2.75) is 32.3 Å². The van der Waals surface area contributed by atoms with Gasteiger partial charge in [-0.15, -0.1) is 0 Å². The fourth-order valence-electron chi connectivity index (χ4n) is 1.37. The fourth-order valence-corrected chi connectivity index (χ4v) is 2.66. The van der Waals surface area contributed by atoms with Gasteiger partial charge in [0.2, 0.25) is 5.69 Å². The zero-order valence-electron chi connectivity index (χ0n) is 10.9. The molecule has 0 atom stereocenters. The van der Waals surface area contributed by atoms with Gasteiger partial charge in [0.25, 0.3) is 0 Å². The predicted molar refractivity (Wildman–Crippen MR) is 73.4 cm³/mol. The Morgan fingerprint density at radius 1 is 1.21 bits per heavy atom. The first-order chi connectivity index (χ1) is 8.41. The van der Waals surface area contributed by atoms with Gasteiger partial charge in [0.1, 0.15) is 0 Å². The average molecular weight is 366 g/mol. The minimum absolute atomic E-state index is 0. The van der Waals surface area contributed by atoms with Crippen molar-refractivity contribution in [3.8, 4) is 5.75 Å². The van der Waals surface area contributed by atoms with Crippen molar-refractivity contribution < 1.29 is 36.7 Å². The van der Waals surface area contributed by atoms with E-state index in [-0.39, 0.29) is 33.0 Å². The molecule has 0 aliphatic carbocycles. The van der Waals surface area contributed by atoms with Gasteiger partial charge >= 0.3 is 0 Å². The number of nitrogens with one attached hydrogen (secondary N) is 1. The summed E-state index contributed by atoms with van der Waals surface area (Å²) < 4.78 is 0. The molecular formula is C12H16BrNO3S2. The van der Waals surface area contributed by atoms with Crippen molar-refractivity contribution in [1.29, 1.82) is 0 Å². The van der Waals surface area contributed by atoms with Crippen LogP contribution in [0.4, 0.5) is 0 Å². The summed E-state index contributed by atoms with van der Waals surface area (Å²) >= 11 is 2.33. The van der Waals surface area contributed by atoms with Crippen molar-refractivity contribution in [1.82, 2.24) is 0 Å².